The maximum Gasteiger partial charge on any atom is 0.230 e. The van der Waals surface area contributed by atoms with Crippen molar-refractivity contribution in [2.75, 3.05) is 13.6 Å². The molecule has 0 radical (unpaired) electrons. The first kappa shape index (κ1) is 12.2. The Bertz CT molecular complexity index is 367. The maximum atomic E-state index is 12.4. The van der Waals surface area contributed by atoms with Gasteiger partial charge in [0.05, 0.1) is 17.9 Å². The third-order valence-electron chi connectivity index (χ3n) is 3.75. The summed E-state index contributed by atoms with van der Waals surface area (Å²) in [5.74, 6) is 0.179. The average molecular weight is 236 g/mol. The Kier molecular flexibility index (Phi) is 3.52. The molecule has 4 nitrogen and oxygen atoms in total. The fourth-order valence-corrected chi connectivity index (χ4v) is 2.69. The molecule has 2 rings (SSSR count). The Morgan fingerprint density at radius 1 is 1.53 bits per heavy atom. The van der Waals surface area contributed by atoms with Crippen molar-refractivity contribution in [2.24, 2.45) is 11.1 Å². The van der Waals surface area contributed by atoms with Crippen LogP contribution in [0.3, 0.4) is 0 Å². The van der Waals surface area contributed by atoms with Crippen LogP contribution in [0.4, 0.5) is 0 Å². The van der Waals surface area contributed by atoms with E-state index in [1.54, 1.807) is 17.4 Å². The van der Waals surface area contributed by atoms with Crippen LogP contribution in [0.1, 0.15) is 31.2 Å². The van der Waals surface area contributed by atoms with E-state index < -0.39 is 0 Å². The standard InChI is InChI=1S/C13H20N2O2/c1-15(8-11-4-7-17-9-11)12(16)13(10-14)5-2-3-6-13/h4,7,9H,2-3,5-6,8,10,14H2,1H3. The predicted octanol–water partition coefficient (Wildman–Crippen LogP) is 1.76. The SMILES string of the molecule is CN(Cc1ccoc1)C(=O)C1(CN)CCCC1. The molecule has 0 atom stereocenters. The molecule has 94 valence electrons. The van der Waals surface area contributed by atoms with Crippen LogP contribution in [-0.2, 0) is 11.3 Å². The number of hydrogen-bond donors (Lipinski definition) is 1. The van der Waals surface area contributed by atoms with E-state index in [-0.39, 0.29) is 11.3 Å². The van der Waals surface area contributed by atoms with E-state index in [2.05, 4.69) is 0 Å². The second kappa shape index (κ2) is 4.92. The molecule has 1 aliphatic rings. The molecule has 1 fully saturated rings. The highest BCUT2D eigenvalue weighted by molar-refractivity contribution is 5.83. The Morgan fingerprint density at radius 3 is 2.76 bits per heavy atom. The lowest BCUT2D eigenvalue weighted by atomic mass is 9.84. The topological polar surface area (TPSA) is 59.5 Å². The third-order valence-corrected chi connectivity index (χ3v) is 3.75. The van der Waals surface area contributed by atoms with Crippen molar-refractivity contribution in [1.82, 2.24) is 4.90 Å². The lowest BCUT2D eigenvalue weighted by Gasteiger charge is -2.31. The Labute approximate surface area is 102 Å². The van der Waals surface area contributed by atoms with Gasteiger partial charge in [-0.05, 0) is 18.9 Å². The summed E-state index contributed by atoms with van der Waals surface area (Å²) in [7, 11) is 1.84. The molecule has 2 N–H and O–H groups in total. The number of amides is 1. The van der Waals surface area contributed by atoms with E-state index in [0.29, 0.717) is 13.1 Å². The molecule has 1 aliphatic carbocycles. The monoisotopic (exact) mass is 236 g/mol. The van der Waals surface area contributed by atoms with Crippen LogP contribution < -0.4 is 5.73 Å². The Hall–Kier alpha value is -1.29. The molecular weight excluding hydrogens is 216 g/mol. The highest BCUT2D eigenvalue weighted by Crippen LogP contribution is 2.38. The van der Waals surface area contributed by atoms with E-state index in [0.717, 1.165) is 31.2 Å². The van der Waals surface area contributed by atoms with Crippen molar-refractivity contribution in [3.8, 4) is 0 Å². The Morgan fingerprint density at radius 2 is 2.24 bits per heavy atom. The van der Waals surface area contributed by atoms with Gasteiger partial charge < -0.3 is 15.1 Å². The molecule has 1 saturated carbocycles. The fourth-order valence-electron chi connectivity index (χ4n) is 2.69. The van der Waals surface area contributed by atoms with Crippen LogP contribution in [0.2, 0.25) is 0 Å². The molecule has 1 aromatic heterocycles. The van der Waals surface area contributed by atoms with Gasteiger partial charge in [0.2, 0.25) is 5.91 Å². The van der Waals surface area contributed by atoms with Gasteiger partial charge in [0.1, 0.15) is 0 Å². The number of rotatable bonds is 4. The normalized spacial score (nSPS) is 18.2. The zero-order chi connectivity index (χ0) is 12.3. The molecule has 0 saturated heterocycles. The molecule has 0 aromatic carbocycles. The molecule has 1 amide bonds. The summed E-state index contributed by atoms with van der Waals surface area (Å²) in [6.07, 6.45) is 7.39. The summed E-state index contributed by atoms with van der Waals surface area (Å²) in [5, 5.41) is 0. The largest absolute Gasteiger partial charge is 0.472 e. The molecular formula is C13H20N2O2. The lowest BCUT2D eigenvalue weighted by molar-refractivity contribution is -0.140. The summed E-state index contributed by atoms with van der Waals surface area (Å²) in [6.45, 7) is 1.05. The van der Waals surface area contributed by atoms with Crippen molar-refractivity contribution in [3.63, 3.8) is 0 Å². The van der Waals surface area contributed by atoms with Gasteiger partial charge >= 0.3 is 0 Å². The van der Waals surface area contributed by atoms with Crippen molar-refractivity contribution < 1.29 is 9.21 Å². The zero-order valence-electron chi connectivity index (χ0n) is 10.3. The van der Waals surface area contributed by atoms with Gasteiger partial charge in [-0.15, -0.1) is 0 Å². The van der Waals surface area contributed by atoms with E-state index in [1.165, 1.54) is 0 Å². The van der Waals surface area contributed by atoms with Gasteiger partial charge in [0.25, 0.3) is 0 Å². The van der Waals surface area contributed by atoms with Crippen LogP contribution >= 0.6 is 0 Å². The second-order valence-corrected chi connectivity index (χ2v) is 4.98. The van der Waals surface area contributed by atoms with Gasteiger partial charge in [0, 0.05) is 25.7 Å². The molecule has 0 aliphatic heterocycles. The van der Waals surface area contributed by atoms with Crippen LogP contribution in [-0.4, -0.2) is 24.4 Å². The number of nitrogens with zero attached hydrogens (tertiary/aromatic N) is 1. The van der Waals surface area contributed by atoms with Crippen molar-refractivity contribution >= 4 is 5.91 Å². The first-order valence-electron chi connectivity index (χ1n) is 6.15. The highest BCUT2D eigenvalue weighted by atomic mass is 16.3. The van der Waals surface area contributed by atoms with E-state index in [1.807, 2.05) is 13.1 Å². The minimum atomic E-state index is -0.307. The molecule has 1 heterocycles. The quantitative estimate of drug-likeness (QED) is 0.866. The van der Waals surface area contributed by atoms with Crippen LogP contribution in [0.15, 0.2) is 23.0 Å². The maximum absolute atomic E-state index is 12.4. The summed E-state index contributed by atoms with van der Waals surface area (Å²) < 4.78 is 5.01. The summed E-state index contributed by atoms with van der Waals surface area (Å²) in [5.41, 5.74) is 6.53. The average Bonchev–Trinajstić information content (AvgIpc) is 2.99. The van der Waals surface area contributed by atoms with Gasteiger partial charge in [-0.2, -0.15) is 0 Å². The van der Waals surface area contributed by atoms with Gasteiger partial charge in [-0.3, -0.25) is 4.79 Å². The number of furan rings is 1. The van der Waals surface area contributed by atoms with Gasteiger partial charge in [-0.1, -0.05) is 12.8 Å². The lowest BCUT2D eigenvalue weighted by Crippen LogP contribution is -2.44. The summed E-state index contributed by atoms with van der Waals surface area (Å²) in [4.78, 5) is 14.2. The predicted molar refractivity (Wildman–Crippen MR) is 65.1 cm³/mol. The van der Waals surface area contributed by atoms with Crippen molar-refractivity contribution in [2.45, 2.75) is 32.2 Å². The van der Waals surface area contributed by atoms with Gasteiger partial charge in [0.15, 0.2) is 0 Å². The fraction of sp³-hybridized carbons (Fsp3) is 0.615. The third kappa shape index (κ3) is 2.36. The summed E-state index contributed by atoms with van der Waals surface area (Å²) in [6, 6.07) is 1.88. The number of carbonyl (C=O) groups excluding carboxylic acids is 1. The van der Waals surface area contributed by atoms with E-state index in [9.17, 15) is 4.79 Å². The van der Waals surface area contributed by atoms with Gasteiger partial charge in [-0.25, -0.2) is 0 Å². The summed E-state index contributed by atoms with van der Waals surface area (Å²) >= 11 is 0. The minimum Gasteiger partial charge on any atom is -0.472 e. The number of carbonyl (C=O) groups is 1. The molecule has 0 unspecified atom stereocenters. The first-order chi connectivity index (χ1) is 8.18. The number of nitrogens with two attached hydrogens (primary N) is 1. The zero-order valence-corrected chi connectivity index (χ0v) is 10.3. The van der Waals surface area contributed by atoms with E-state index in [4.69, 9.17) is 10.2 Å². The highest BCUT2D eigenvalue weighted by Gasteiger charge is 2.41. The Balaban J connectivity index is 2.03. The molecule has 0 spiro atoms. The first-order valence-corrected chi connectivity index (χ1v) is 6.15. The molecule has 4 heteroatoms. The van der Waals surface area contributed by atoms with Crippen LogP contribution in [0.25, 0.3) is 0 Å². The molecule has 17 heavy (non-hydrogen) atoms. The van der Waals surface area contributed by atoms with E-state index >= 15 is 0 Å². The van der Waals surface area contributed by atoms with Crippen LogP contribution in [0.5, 0.6) is 0 Å². The van der Waals surface area contributed by atoms with Crippen molar-refractivity contribution in [3.05, 3.63) is 24.2 Å². The molecule has 1 aromatic rings. The molecule has 0 bridgehead atoms. The number of hydrogen-bond acceptors (Lipinski definition) is 3. The van der Waals surface area contributed by atoms with Crippen LogP contribution in [0, 0.1) is 5.41 Å². The van der Waals surface area contributed by atoms with Crippen molar-refractivity contribution in [1.29, 1.82) is 0 Å². The smallest absolute Gasteiger partial charge is 0.230 e. The second-order valence-electron chi connectivity index (χ2n) is 4.98. The minimum absolute atomic E-state index is 0.179.